The Morgan fingerprint density at radius 2 is 2.12 bits per heavy atom. The standard InChI is InChI=1S/C16H12ClN5O2S/c17-14-6-5-13(25-14)11-7-12(24-22-11)16(23)20-10-3-1-9(2-4-10)15-18-8-19-21-15/h1-6,8,12H,7H2,(H,20,23)(H,18,19,21). The van der Waals surface area contributed by atoms with Crippen molar-refractivity contribution < 1.29 is 9.63 Å². The quantitative estimate of drug-likeness (QED) is 0.733. The first-order valence-corrected chi connectivity index (χ1v) is 8.63. The summed E-state index contributed by atoms with van der Waals surface area (Å²) in [4.78, 5) is 22.6. The van der Waals surface area contributed by atoms with Crippen LogP contribution in [-0.4, -0.2) is 32.9 Å². The monoisotopic (exact) mass is 373 g/mol. The molecule has 0 saturated carbocycles. The number of aromatic nitrogens is 3. The Labute approximate surface area is 151 Å². The Hall–Kier alpha value is -2.71. The van der Waals surface area contributed by atoms with Gasteiger partial charge in [0.05, 0.1) is 9.21 Å². The summed E-state index contributed by atoms with van der Waals surface area (Å²) in [6, 6.07) is 11.0. The van der Waals surface area contributed by atoms with E-state index in [1.807, 2.05) is 18.2 Å². The number of nitrogens with one attached hydrogen (secondary N) is 2. The van der Waals surface area contributed by atoms with E-state index in [9.17, 15) is 4.79 Å². The first kappa shape index (κ1) is 15.8. The number of nitrogens with zero attached hydrogens (tertiary/aromatic N) is 3. The van der Waals surface area contributed by atoms with Crippen LogP contribution in [0.25, 0.3) is 11.4 Å². The summed E-state index contributed by atoms with van der Waals surface area (Å²) in [5.41, 5.74) is 2.29. The normalized spacial score (nSPS) is 16.4. The van der Waals surface area contributed by atoms with Crippen molar-refractivity contribution in [2.24, 2.45) is 5.16 Å². The summed E-state index contributed by atoms with van der Waals surface area (Å²) in [6.45, 7) is 0. The first-order valence-electron chi connectivity index (χ1n) is 7.44. The zero-order valence-corrected chi connectivity index (χ0v) is 14.3. The van der Waals surface area contributed by atoms with Crippen molar-refractivity contribution >= 4 is 40.2 Å². The third kappa shape index (κ3) is 3.40. The van der Waals surface area contributed by atoms with Gasteiger partial charge in [0.15, 0.2) is 5.82 Å². The summed E-state index contributed by atoms with van der Waals surface area (Å²) in [7, 11) is 0. The van der Waals surface area contributed by atoms with Gasteiger partial charge in [0.2, 0.25) is 6.10 Å². The molecule has 0 spiro atoms. The molecular formula is C16H12ClN5O2S. The van der Waals surface area contributed by atoms with E-state index in [1.165, 1.54) is 17.7 Å². The van der Waals surface area contributed by atoms with Crippen molar-refractivity contribution in [3.63, 3.8) is 0 Å². The minimum atomic E-state index is -0.648. The minimum absolute atomic E-state index is 0.242. The Balaban J connectivity index is 1.38. The van der Waals surface area contributed by atoms with Crippen molar-refractivity contribution in [2.45, 2.75) is 12.5 Å². The predicted octanol–water partition coefficient (Wildman–Crippen LogP) is 3.32. The number of H-pyrrole nitrogens is 1. The summed E-state index contributed by atoms with van der Waals surface area (Å²) < 4.78 is 0.678. The van der Waals surface area contributed by atoms with Gasteiger partial charge in [-0.15, -0.1) is 11.3 Å². The zero-order chi connectivity index (χ0) is 17.2. The number of benzene rings is 1. The summed E-state index contributed by atoms with van der Waals surface area (Å²) in [5, 5.41) is 13.4. The Bertz CT molecular complexity index is 920. The van der Waals surface area contributed by atoms with Gasteiger partial charge >= 0.3 is 0 Å². The summed E-state index contributed by atoms with van der Waals surface area (Å²) >= 11 is 7.34. The third-order valence-corrected chi connectivity index (χ3v) is 4.94. The number of oxime groups is 1. The van der Waals surface area contributed by atoms with Gasteiger partial charge in [0.25, 0.3) is 5.91 Å². The maximum absolute atomic E-state index is 12.3. The lowest BCUT2D eigenvalue weighted by Gasteiger charge is -2.09. The van der Waals surface area contributed by atoms with Crippen molar-refractivity contribution in [3.8, 4) is 11.4 Å². The van der Waals surface area contributed by atoms with Crippen LogP contribution in [-0.2, 0) is 9.63 Å². The van der Waals surface area contributed by atoms with Gasteiger partial charge in [0, 0.05) is 17.7 Å². The lowest BCUT2D eigenvalue weighted by Crippen LogP contribution is -2.27. The maximum atomic E-state index is 12.3. The lowest BCUT2D eigenvalue weighted by atomic mass is 10.1. The Morgan fingerprint density at radius 3 is 2.80 bits per heavy atom. The van der Waals surface area contributed by atoms with Crippen LogP contribution >= 0.6 is 22.9 Å². The molecule has 1 atom stereocenters. The number of aromatic amines is 1. The number of thiophene rings is 1. The largest absolute Gasteiger partial charge is 0.382 e. The highest BCUT2D eigenvalue weighted by Gasteiger charge is 2.29. The fourth-order valence-corrected chi connectivity index (χ4v) is 3.44. The number of halogens is 1. The van der Waals surface area contributed by atoms with Gasteiger partial charge in [-0.05, 0) is 36.4 Å². The predicted molar refractivity (Wildman–Crippen MR) is 95.8 cm³/mol. The van der Waals surface area contributed by atoms with E-state index in [1.54, 1.807) is 18.2 Å². The average Bonchev–Trinajstić information content (AvgIpc) is 3.36. The lowest BCUT2D eigenvalue weighted by molar-refractivity contribution is -0.125. The summed E-state index contributed by atoms with van der Waals surface area (Å²) in [6.07, 6.45) is 1.21. The van der Waals surface area contributed by atoms with E-state index in [0.717, 1.165) is 16.2 Å². The van der Waals surface area contributed by atoms with Gasteiger partial charge in [-0.3, -0.25) is 9.89 Å². The molecule has 0 aliphatic carbocycles. The summed E-state index contributed by atoms with van der Waals surface area (Å²) in [5.74, 6) is 0.429. The molecular weight excluding hydrogens is 362 g/mol. The maximum Gasteiger partial charge on any atom is 0.268 e. The highest BCUT2D eigenvalue weighted by atomic mass is 35.5. The molecule has 1 aliphatic rings. The van der Waals surface area contributed by atoms with Crippen LogP contribution in [0.1, 0.15) is 11.3 Å². The number of carbonyl (C=O) groups is 1. The minimum Gasteiger partial charge on any atom is -0.382 e. The van der Waals surface area contributed by atoms with Crippen molar-refractivity contribution in [3.05, 3.63) is 51.9 Å². The van der Waals surface area contributed by atoms with Gasteiger partial charge in [0.1, 0.15) is 12.0 Å². The molecule has 1 aliphatic heterocycles. The third-order valence-electron chi connectivity index (χ3n) is 3.66. The molecule has 3 aromatic rings. The zero-order valence-electron chi connectivity index (χ0n) is 12.8. The number of amides is 1. The van der Waals surface area contributed by atoms with Crippen LogP contribution in [0.2, 0.25) is 4.34 Å². The SMILES string of the molecule is O=C(Nc1ccc(-c2ncn[nH]2)cc1)C1CC(c2ccc(Cl)s2)=NO1. The molecule has 126 valence electrons. The van der Waals surface area contributed by atoms with E-state index in [0.29, 0.717) is 22.3 Å². The number of rotatable bonds is 4. The molecule has 7 nitrogen and oxygen atoms in total. The molecule has 2 N–H and O–H groups in total. The number of hydrogen-bond acceptors (Lipinski definition) is 6. The van der Waals surface area contributed by atoms with Crippen LogP contribution in [0.3, 0.4) is 0 Å². The molecule has 2 aromatic heterocycles. The van der Waals surface area contributed by atoms with E-state index < -0.39 is 6.10 Å². The molecule has 9 heteroatoms. The molecule has 3 heterocycles. The highest BCUT2D eigenvalue weighted by molar-refractivity contribution is 7.18. The molecule has 0 radical (unpaired) electrons. The highest BCUT2D eigenvalue weighted by Crippen LogP contribution is 2.27. The van der Waals surface area contributed by atoms with Crippen LogP contribution in [0.15, 0.2) is 47.9 Å². The second-order valence-corrected chi connectivity index (χ2v) is 7.06. The molecule has 1 amide bonds. The number of anilines is 1. The molecule has 0 fully saturated rings. The van der Waals surface area contributed by atoms with E-state index >= 15 is 0 Å². The van der Waals surface area contributed by atoms with Crippen LogP contribution in [0, 0.1) is 0 Å². The molecule has 25 heavy (non-hydrogen) atoms. The van der Waals surface area contributed by atoms with Crippen LogP contribution < -0.4 is 5.32 Å². The van der Waals surface area contributed by atoms with Crippen molar-refractivity contribution in [2.75, 3.05) is 5.32 Å². The van der Waals surface area contributed by atoms with E-state index in [2.05, 4.69) is 25.7 Å². The molecule has 4 rings (SSSR count). The topological polar surface area (TPSA) is 92.3 Å². The van der Waals surface area contributed by atoms with Gasteiger partial charge in [-0.25, -0.2) is 4.98 Å². The fourth-order valence-electron chi connectivity index (χ4n) is 2.41. The Kier molecular flexibility index (Phi) is 4.21. The van der Waals surface area contributed by atoms with E-state index in [4.69, 9.17) is 16.4 Å². The number of carbonyl (C=O) groups excluding carboxylic acids is 1. The first-order chi connectivity index (χ1) is 12.2. The van der Waals surface area contributed by atoms with Crippen molar-refractivity contribution in [1.29, 1.82) is 0 Å². The van der Waals surface area contributed by atoms with Crippen LogP contribution in [0.4, 0.5) is 5.69 Å². The van der Waals surface area contributed by atoms with Crippen LogP contribution in [0.5, 0.6) is 0 Å². The van der Waals surface area contributed by atoms with Gasteiger partial charge < -0.3 is 10.2 Å². The molecule has 0 saturated heterocycles. The average molecular weight is 374 g/mol. The van der Waals surface area contributed by atoms with E-state index in [-0.39, 0.29) is 5.91 Å². The second-order valence-electron chi connectivity index (χ2n) is 5.34. The van der Waals surface area contributed by atoms with Crippen molar-refractivity contribution in [1.82, 2.24) is 15.2 Å². The molecule has 1 aromatic carbocycles. The Morgan fingerprint density at radius 1 is 1.28 bits per heavy atom. The number of hydrogen-bond donors (Lipinski definition) is 2. The van der Waals surface area contributed by atoms with Gasteiger partial charge in [-0.1, -0.05) is 16.8 Å². The fraction of sp³-hybridized carbons (Fsp3) is 0.125. The second kappa shape index (κ2) is 6.66. The van der Waals surface area contributed by atoms with Gasteiger partial charge in [-0.2, -0.15) is 5.10 Å². The smallest absolute Gasteiger partial charge is 0.268 e. The molecule has 1 unspecified atom stereocenters. The molecule has 0 bridgehead atoms.